The lowest BCUT2D eigenvalue weighted by Crippen LogP contribution is -2.00. The zero-order valence-electron chi connectivity index (χ0n) is 11.5. The average molecular weight is 290 g/mol. The highest BCUT2D eigenvalue weighted by Crippen LogP contribution is 2.31. The van der Waals surface area contributed by atoms with Crippen LogP contribution in [0.2, 0.25) is 0 Å². The molecule has 0 aliphatic rings. The molecule has 3 aromatic rings. The average Bonchev–Trinajstić information content (AvgIpc) is 2.55. The molecular formula is C17H11FN4. The van der Waals surface area contributed by atoms with Gasteiger partial charge in [-0.3, -0.25) is 4.98 Å². The summed E-state index contributed by atoms with van der Waals surface area (Å²) in [6.07, 6.45) is 3.31. The van der Waals surface area contributed by atoms with Gasteiger partial charge < -0.3 is 5.73 Å². The molecule has 5 heteroatoms. The minimum absolute atomic E-state index is 0.114. The Bertz CT molecular complexity index is 870. The van der Waals surface area contributed by atoms with Crippen LogP contribution in [0.4, 0.5) is 10.2 Å². The molecule has 0 unspecified atom stereocenters. The van der Waals surface area contributed by atoms with Gasteiger partial charge in [0.25, 0.3) is 0 Å². The first-order valence-electron chi connectivity index (χ1n) is 6.56. The van der Waals surface area contributed by atoms with Gasteiger partial charge in [-0.1, -0.05) is 12.1 Å². The van der Waals surface area contributed by atoms with Gasteiger partial charge in [-0.05, 0) is 35.9 Å². The minimum atomic E-state index is -0.375. The smallest absolute Gasteiger partial charge is 0.142 e. The quantitative estimate of drug-likeness (QED) is 0.784. The molecule has 22 heavy (non-hydrogen) atoms. The maximum absolute atomic E-state index is 13.5. The molecule has 2 N–H and O–H groups in total. The summed E-state index contributed by atoms with van der Waals surface area (Å²) < 4.78 is 13.5. The van der Waals surface area contributed by atoms with Gasteiger partial charge in [0.2, 0.25) is 0 Å². The Kier molecular flexibility index (Phi) is 3.50. The summed E-state index contributed by atoms with van der Waals surface area (Å²) >= 11 is 0. The number of nitrogen functional groups attached to an aromatic ring is 1. The number of pyridine rings is 2. The Labute approximate surface area is 126 Å². The Morgan fingerprint density at radius 1 is 1.09 bits per heavy atom. The van der Waals surface area contributed by atoms with E-state index < -0.39 is 0 Å². The third kappa shape index (κ3) is 2.50. The maximum Gasteiger partial charge on any atom is 0.142 e. The summed E-state index contributed by atoms with van der Waals surface area (Å²) in [6.45, 7) is 0. The predicted octanol–water partition coefficient (Wildman–Crippen LogP) is 3.40. The van der Waals surface area contributed by atoms with E-state index in [1.807, 2.05) is 12.1 Å². The van der Waals surface area contributed by atoms with Crippen molar-refractivity contribution in [2.45, 2.75) is 0 Å². The third-order valence-corrected chi connectivity index (χ3v) is 3.25. The van der Waals surface area contributed by atoms with E-state index in [2.05, 4.69) is 9.97 Å². The number of aromatic nitrogens is 2. The van der Waals surface area contributed by atoms with Crippen molar-refractivity contribution < 1.29 is 4.39 Å². The van der Waals surface area contributed by atoms with Crippen molar-refractivity contribution in [1.29, 1.82) is 5.26 Å². The Hall–Kier alpha value is -3.26. The molecule has 0 amide bonds. The lowest BCUT2D eigenvalue weighted by Gasteiger charge is -2.10. The van der Waals surface area contributed by atoms with E-state index in [1.165, 1.54) is 12.1 Å². The van der Waals surface area contributed by atoms with Gasteiger partial charge in [0.15, 0.2) is 0 Å². The molecule has 2 aromatic heterocycles. The summed E-state index contributed by atoms with van der Waals surface area (Å²) in [4.78, 5) is 8.29. The maximum atomic E-state index is 13.5. The van der Waals surface area contributed by atoms with Crippen molar-refractivity contribution in [3.8, 4) is 28.5 Å². The van der Waals surface area contributed by atoms with E-state index in [9.17, 15) is 9.65 Å². The highest BCUT2D eigenvalue weighted by Gasteiger charge is 2.13. The summed E-state index contributed by atoms with van der Waals surface area (Å²) in [7, 11) is 0. The molecule has 0 radical (unpaired) electrons. The van der Waals surface area contributed by atoms with Crippen LogP contribution in [0.1, 0.15) is 5.56 Å². The van der Waals surface area contributed by atoms with Gasteiger partial charge in [-0.25, -0.2) is 9.37 Å². The summed E-state index contributed by atoms with van der Waals surface area (Å²) in [5, 5.41) is 9.32. The van der Waals surface area contributed by atoms with E-state index in [-0.39, 0.29) is 17.2 Å². The van der Waals surface area contributed by atoms with Crippen LogP contribution < -0.4 is 5.73 Å². The second-order valence-corrected chi connectivity index (χ2v) is 4.68. The number of halogens is 1. The lowest BCUT2D eigenvalue weighted by molar-refractivity contribution is 0.628. The standard InChI is InChI=1S/C17H11FN4/c18-13-5-1-3-11(7-13)14-8-16(12-4-2-6-21-10-12)22-17(20)15(14)9-19/h1-8,10H,(H2,20,22). The van der Waals surface area contributed by atoms with Gasteiger partial charge in [0.1, 0.15) is 23.3 Å². The first kappa shape index (κ1) is 13.7. The molecule has 0 bridgehead atoms. The lowest BCUT2D eigenvalue weighted by atomic mass is 9.99. The second kappa shape index (κ2) is 5.62. The van der Waals surface area contributed by atoms with Crippen molar-refractivity contribution in [2.24, 2.45) is 0 Å². The number of benzene rings is 1. The van der Waals surface area contributed by atoms with Crippen molar-refractivity contribution in [3.63, 3.8) is 0 Å². The molecule has 2 heterocycles. The van der Waals surface area contributed by atoms with E-state index >= 15 is 0 Å². The topological polar surface area (TPSA) is 75.6 Å². The number of rotatable bonds is 2. The van der Waals surface area contributed by atoms with Gasteiger partial charge in [-0.2, -0.15) is 5.26 Å². The Balaban J connectivity index is 2.25. The van der Waals surface area contributed by atoms with Crippen molar-refractivity contribution in [2.75, 3.05) is 5.73 Å². The van der Waals surface area contributed by atoms with Crippen molar-refractivity contribution in [1.82, 2.24) is 9.97 Å². The molecule has 0 aliphatic carbocycles. The third-order valence-electron chi connectivity index (χ3n) is 3.25. The fraction of sp³-hybridized carbons (Fsp3) is 0. The summed E-state index contributed by atoms with van der Waals surface area (Å²) in [5.74, 6) is -0.261. The normalized spacial score (nSPS) is 10.2. The van der Waals surface area contributed by atoms with Gasteiger partial charge in [-0.15, -0.1) is 0 Å². The molecule has 1 aromatic carbocycles. The zero-order chi connectivity index (χ0) is 15.5. The largest absolute Gasteiger partial charge is 0.383 e. The van der Waals surface area contributed by atoms with E-state index in [1.54, 1.807) is 36.7 Å². The predicted molar refractivity (Wildman–Crippen MR) is 82.0 cm³/mol. The van der Waals surface area contributed by atoms with Crippen LogP contribution in [0.15, 0.2) is 54.9 Å². The number of nitrogens with two attached hydrogens (primary N) is 1. The van der Waals surface area contributed by atoms with Crippen LogP contribution in [-0.4, -0.2) is 9.97 Å². The highest BCUT2D eigenvalue weighted by molar-refractivity contribution is 5.79. The molecule has 3 rings (SSSR count). The number of nitriles is 1. The first-order chi connectivity index (χ1) is 10.7. The molecule has 0 fully saturated rings. The molecule has 0 aliphatic heterocycles. The van der Waals surface area contributed by atoms with Crippen LogP contribution in [0.25, 0.3) is 22.4 Å². The SMILES string of the molecule is N#Cc1c(-c2cccc(F)c2)cc(-c2cccnc2)nc1N. The number of nitrogens with zero attached hydrogens (tertiary/aromatic N) is 3. The zero-order valence-corrected chi connectivity index (χ0v) is 11.5. The number of hydrogen-bond acceptors (Lipinski definition) is 4. The Morgan fingerprint density at radius 2 is 1.91 bits per heavy atom. The van der Waals surface area contributed by atoms with Crippen LogP contribution in [-0.2, 0) is 0 Å². The molecule has 0 saturated heterocycles. The van der Waals surface area contributed by atoms with Crippen molar-refractivity contribution >= 4 is 5.82 Å². The van der Waals surface area contributed by atoms with Gasteiger partial charge in [0, 0.05) is 23.5 Å². The van der Waals surface area contributed by atoms with Crippen LogP contribution in [0.5, 0.6) is 0 Å². The molecular weight excluding hydrogens is 279 g/mol. The highest BCUT2D eigenvalue weighted by atomic mass is 19.1. The molecule has 0 spiro atoms. The van der Waals surface area contributed by atoms with Gasteiger partial charge in [0.05, 0.1) is 5.69 Å². The van der Waals surface area contributed by atoms with Crippen LogP contribution in [0, 0.1) is 17.1 Å². The number of anilines is 1. The fourth-order valence-electron chi connectivity index (χ4n) is 2.23. The fourth-order valence-corrected chi connectivity index (χ4v) is 2.23. The first-order valence-corrected chi connectivity index (χ1v) is 6.56. The van der Waals surface area contributed by atoms with Crippen LogP contribution >= 0.6 is 0 Å². The Morgan fingerprint density at radius 3 is 2.59 bits per heavy atom. The minimum Gasteiger partial charge on any atom is -0.383 e. The summed E-state index contributed by atoms with van der Waals surface area (Å²) in [6, 6.07) is 13.4. The molecule has 4 nitrogen and oxygen atoms in total. The molecule has 0 saturated carbocycles. The van der Waals surface area contributed by atoms with E-state index in [4.69, 9.17) is 5.73 Å². The van der Waals surface area contributed by atoms with Crippen LogP contribution in [0.3, 0.4) is 0 Å². The summed E-state index contributed by atoms with van der Waals surface area (Å²) in [5.41, 5.74) is 8.62. The monoisotopic (exact) mass is 290 g/mol. The second-order valence-electron chi connectivity index (χ2n) is 4.68. The number of hydrogen-bond donors (Lipinski definition) is 1. The van der Waals surface area contributed by atoms with E-state index in [0.717, 1.165) is 5.56 Å². The molecule has 106 valence electrons. The van der Waals surface area contributed by atoms with Crippen molar-refractivity contribution in [3.05, 3.63) is 66.2 Å². The molecule has 0 atom stereocenters. The van der Waals surface area contributed by atoms with Gasteiger partial charge >= 0.3 is 0 Å². The van der Waals surface area contributed by atoms with E-state index in [0.29, 0.717) is 16.8 Å².